The van der Waals surface area contributed by atoms with E-state index < -0.39 is 23.3 Å². The molecule has 0 atom stereocenters. The fraction of sp³-hybridized carbons (Fsp3) is 0.235. The number of ether oxygens (including phenoxy) is 1. The van der Waals surface area contributed by atoms with Crippen LogP contribution in [0.3, 0.4) is 0 Å². The van der Waals surface area contributed by atoms with Crippen molar-refractivity contribution in [1.29, 1.82) is 0 Å². The zero-order valence-corrected chi connectivity index (χ0v) is 15.0. The van der Waals surface area contributed by atoms with Gasteiger partial charge in [-0.15, -0.1) is 0 Å². The fourth-order valence-electron chi connectivity index (χ4n) is 2.00. The molecule has 2 aromatic rings. The average molecular weight is 399 g/mol. The minimum atomic E-state index is -0.885. The molecule has 2 aromatic carbocycles. The summed E-state index contributed by atoms with van der Waals surface area (Å²) >= 11 is 3.31. The predicted molar refractivity (Wildman–Crippen MR) is 93.3 cm³/mol. The summed E-state index contributed by atoms with van der Waals surface area (Å²) in [7, 11) is 0. The molecule has 2 N–H and O–H groups in total. The van der Waals surface area contributed by atoms with Gasteiger partial charge in [0, 0.05) is 16.2 Å². The molecule has 0 aliphatic carbocycles. The zero-order chi connectivity index (χ0) is 18.1. The van der Waals surface area contributed by atoms with Crippen molar-refractivity contribution in [1.82, 2.24) is 0 Å². The largest absolute Gasteiger partial charge is 0.443 e. The summed E-state index contributed by atoms with van der Waals surface area (Å²) in [5.74, 6) is -1.62. The Bertz CT molecular complexity index is 724. The minimum Gasteiger partial charge on any atom is -0.443 e. The van der Waals surface area contributed by atoms with E-state index in [4.69, 9.17) is 10.5 Å². The first-order valence-electron chi connectivity index (χ1n) is 7.11. The highest BCUT2D eigenvalue weighted by molar-refractivity contribution is 9.10. The van der Waals surface area contributed by atoms with E-state index in [0.717, 1.165) is 11.0 Å². The van der Waals surface area contributed by atoms with Crippen LogP contribution in [0.4, 0.5) is 30.6 Å². The molecular formula is C17H17BrF2N2O2. The van der Waals surface area contributed by atoms with Crippen molar-refractivity contribution in [2.45, 2.75) is 26.4 Å². The smallest absolute Gasteiger partial charge is 0.419 e. The molecule has 0 heterocycles. The van der Waals surface area contributed by atoms with Gasteiger partial charge in [-0.3, -0.25) is 0 Å². The summed E-state index contributed by atoms with van der Waals surface area (Å²) in [5, 5.41) is 0. The van der Waals surface area contributed by atoms with Crippen molar-refractivity contribution in [2.75, 3.05) is 10.6 Å². The van der Waals surface area contributed by atoms with Gasteiger partial charge in [0.2, 0.25) is 0 Å². The number of anilines is 3. The summed E-state index contributed by atoms with van der Waals surface area (Å²) in [6.07, 6.45) is -0.793. The molecule has 0 aliphatic rings. The van der Waals surface area contributed by atoms with E-state index >= 15 is 0 Å². The molecular weight excluding hydrogens is 382 g/mol. The number of hydrogen-bond acceptors (Lipinski definition) is 3. The Balaban J connectivity index is 2.58. The van der Waals surface area contributed by atoms with Gasteiger partial charge in [-0.25, -0.2) is 18.5 Å². The molecule has 0 spiro atoms. The maximum atomic E-state index is 14.3. The van der Waals surface area contributed by atoms with Crippen LogP contribution in [-0.4, -0.2) is 11.7 Å². The Labute approximate surface area is 147 Å². The Kier molecular flexibility index (Phi) is 5.13. The van der Waals surface area contributed by atoms with Crippen molar-refractivity contribution in [3.63, 3.8) is 0 Å². The van der Waals surface area contributed by atoms with Gasteiger partial charge < -0.3 is 10.5 Å². The van der Waals surface area contributed by atoms with Crippen molar-refractivity contribution in [3.05, 3.63) is 52.5 Å². The normalized spacial score (nSPS) is 11.2. The average Bonchev–Trinajstić information content (AvgIpc) is 2.41. The van der Waals surface area contributed by atoms with E-state index in [-0.39, 0.29) is 5.69 Å². The number of amides is 1. The molecule has 1 amide bonds. The number of halogens is 3. The van der Waals surface area contributed by atoms with Gasteiger partial charge in [0.15, 0.2) is 0 Å². The minimum absolute atomic E-state index is 0.129. The molecule has 0 aliphatic heterocycles. The summed E-state index contributed by atoms with van der Waals surface area (Å²) in [4.78, 5) is 13.7. The number of nitrogens with zero attached hydrogens (tertiary/aromatic N) is 1. The van der Waals surface area contributed by atoms with Crippen molar-refractivity contribution in [2.24, 2.45) is 0 Å². The Morgan fingerprint density at radius 3 is 2.29 bits per heavy atom. The van der Waals surface area contributed by atoms with Crippen LogP contribution < -0.4 is 10.6 Å². The number of rotatable bonds is 2. The fourth-order valence-corrected chi connectivity index (χ4v) is 2.57. The Morgan fingerprint density at radius 1 is 1.12 bits per heavy atom. The van der Waals surface area contributed by atoms with Crippen LogP contribution in [0.5, 0.6) is 0 Å². The van der Waals surface area contributed by atoms with Gasteiger partial charge in [0.25, 0.3) is 0 Å². The van der Waals surface area contributed by atoms with Crippen LogP contribution in [0.1, 0.15) is 20.8 Å². The summed E-state index contributed by atoms with van der Waals surface area (Å²) in [6, 6.07) is 7.65. The first-order chi connectivity index (χ1) is 11.1. The van der Waals surface area contributed by atoms with E-state index in [1.807, 2.05) is 0 Å². The number of carbonyl (C=O) groups excluding carboxylic acids is 1. The second-order valence-electron chi connectivity index (χ2n) is 6.12. The second-order valence-corrected chi connectivity index (χ2v) is 6.98. The van der Waals surface area contributed by atoms with Crippen molar-refractivity contribution < 1.29 is 18.3 Å². The molecule has 0 saturated carbocycles. The number of benzene rings is 2. The maximum Gasteiger partial charge on any atom is 0.419 e. The summed E-state index contributed by atoms with van der Waals surface area (Å²) in [6.45, 7) is 5.09. The molecule has 4 nitrogen and oxygen atoms in total. The lowest BCUT2D eigenvalue weighted by Gasteiger charge is -2.28. The first kappa shape index (κ1) is 18.2. The third-order valence-electron chi connectivity index (χ3n) is 2.94. The molecule has 0 saturated heterocycles. The Morgan fingerprint density at radius 2 is 1.75 bits per heavy atom. The molecule has 0 radical (unpaired) electrons. The number of carbonyl (C=O) groups is 1. The molecule has 24 heavy (non-hydrogen) atoms. The summed E-state index contributed by atoms with van der Waals surface area (Å²) < 4.78 is 33.3. The van der Waals surface area contributed by atoms with Gasteiger partial charge in [-0.05, 0) is 67.0 Å². The van der Waals surface area contributed by atoms with Crippen LogP contribution >= 0.6 is 15.9 Å². The molecule has 2 rings (SSSR count). The molecule has 7 heteroatoms. The van der Waals surface area contributed by atoms with Crippen LogP contribution in [0.25, 0.3) is 0 Å². The van der Waals surface area contributed by atoms with E-state index in [2.05, 4.69) is 15.9 Å². The van der Waals surface area contributed by atoms with Gasteiger partial charge >= 0.3 is 6.09 Å². The number of nitrogen functional groups attached to an aromatic ring is 1. The monoisotopic (exact) mass is 398 g/mol. The highest BCUT2D eigenvalue weighted by atomic mass is 79.9. The van der Waals surface area contributed by atoms with Gasteiger partial charge in [0.05, 0.1) is 11.4 Å². The summed E-state index contributed by atoms with van der Waals surface area (Å²) in [5.41, 5.74) is 5.58. The zero-order valence-electron chi connectivity index (χ0n) is 13.4. The first-order valence-corrected chi connectivity index (χ1v) is 7.91. The maximum absolute atomic E-state index is 14.3. The standard InChI is InChI=1S/C17H17BrF2N2O2/c1-17(2,3)24-16(23)22(14-7-5-11(21)9-12(14)18)15-6-4-10(19)8-13(15)20/h4-9H,21H2,1-3H3. The van der Waals surface area contributed by atoms with Crippen molar-refractivity contribution >= 4 is 39.1 Å². The van der Waals surface area contributed by atoms with Crippen LogP contribution in [0.15, 0.2) is 40.9 Å². The van der Waals surface area contributed by atoms with Crippen LogP contribution in [-0.2, 0) is 4.74 Å². The molecule has 128 valence electrons. The SMILES string of the molecule is CC(C)(C)OC(=O)N(c1ccc(F)cc1F)c1ccc(N)cc1Br. The van der Waals surface area contributed by atoms with Gasteiger partial charge in [0.1, 0.15) is 17.2 Å². The van der Waals surface area contributed by atoms with Gasteiger partial charge in [-0.2, -0.15) is 0 Å². The number of hydrogen-bond donors (Lipinski definition) is 1. The highest BCUT2D eigenvalue weighted by Gasteiger charge is 2.28. The lowest BCUT2D eigenvalue weighted by molar-refractivity contribution is 0.0598. The lowest BCUT2D eigenvalue weighted by Crippen LogP contribution is -2.34. The second kappa shape index (κ2) is 6.76. The van der Waals surface area contributed by atoms with E-state index in [9.17, 15) is 13.6 Å². The quantitative estimate of drug-likeness (QED) is 0.690. The molecule has 0 fully saturated rings. The van der Waals surface area contributed by atoms with Crippen LogP contribution in [0.2, 0.25) is 0 Å². The molecule has 0 bridgehead atoms. The predicted octanol–water partition coefficient (Wildman–Crippen LogP) is 5.38. The van der Waals surface area contributed by atoms with Gasteiger partial charge in [-0.1, -0.05) is 0 Å². The van der Waals surface area contributed by atoms with E-state index in [0.29, 0.717) is 21.9 Å². The van der Waals surface area contributed by atoms with E-state index in [1.54, 1.807) is 39.0 Å². The van der Waals surface area contributed by atoms with Crippen molar-refractivity contribution in [3.8, 4) is 0 Å². The highest BCUT2D eigenvalue weighted by Crippen LogP contribution is 2.36. The van der Waals surface area contributed by atoms with E-state index in [1.165, 1.54) is 6.07 Å². The lowest BCUT2D eigenvalue weighted by atomic mass is 10.2. The molecule has 0 aromatic heterocycles. The topological polar surface area (TPSA) is 55.6 Å². The third-order valence-corrected chi connectivity index (χ3v) is 3.57. The third kappa shape index (κ3) is 4.23. The van der Waals surface area contributed by atoms with Crippen LogP contribution in [0, 0.1) is 11.6 Å². The number of nitrogens with two attached hydrogens (primary N) is 1. The Hall–Kier alpha value is -2.15. The molecule has 0 unspecified atom stereocenters.